The standard InChI is InChI=1S/C32H42N2O5/c1-21(2)13-14-24-15-16-26-25(20-24)12-10-17-32(5,34(26)6)29(35)28-23(4)19-27(39-30(28)36)22(3)11-8-9-18-33-31(37)38-7/h9-10,12,15-16,18-22H,8,11,13-14,17H2,1-7H3,(H,33,37)/b18-9+. The molecule has 1 aliphatic heterocycles. The summed E-state index contributed by atoms with van der Waals surface area (Å²) in [4.78, 5) is 40.3. The number of carbonyl (C=O) groups is 2. The van der Waals surface area contributed by atoms with E-state index in [1.807, 2.05) is 37.9 Å². The largest absolute Gasteiger partial charge is 0.453 e. The number of allylic oxidation sites excluding steroid dienone is 1. The van der Waals surface area contributed by atoms with Crippen LogP contribution in [0.5, 0.6) is 0 Å². The lowest BCUT2D eigenvalue weighted by Crippen LogP contribution is -2.51. The minimum Gasteiger partial charge on any atom is -0.453 e. The highest BCUT2D eigenvalue weighted by molar-refractivity contribution is 6.06. The normalized spacial score (nSPS) is 17.7. The number of carbonyl (C=O) groups excluding carboxylic acids is 2. The fourth-order valence-corrected chi connectivity index (χ4v) is 4.89. The van der Waals surface area contributed by atoms with Gasteiger partial charge in [-0.3, -0.25) is 10.1 Å². The van der Waals surface area contributed by atoms with E-state index in [4.69, 9.17) is 4.42 Å². The Morgan fingerprint density at radius 1 is 1.21 bits per heavy atom. The number of aryl methyl sites for hydroxylation is 2. The summed E-state index contributed by atoms with van der Waals surface area (Å²) >= 11 is 0. The number of anilines is 1. The first-order valence-electron chi connectivity index (χ1n) is 13.7. The molecule has 210 valence electrons. The molecule has 2 atom stereocenters. The summed E-state index contributed by atoms with van der Waals surface area (Å²) in [6.45, 7) is 10.1. The molecule has 0 radical (unpaired) electrons. The Balaban J connectivity index is 1.80. The summed E-state index contributed by atoms with van der Waals surface area (Å²) < 4.78 is 10.2. The maximum absolute atomic E-state index is 14.0. The van der Waals surface area contributed by atoms with E-state index in [1.54, 1.807) is 13.0 Å². The first kappa shape index (κ1) is 29.9. The number of Topliss-reactive ketones (excluding diaryl/α,β-unsaturated/α-hetero) is 1. The molecule has 2 unspecified atom stereocenters. The molecule has 39 heavy (non-hydrogen) atoms. The summed E-state index contributed by atoms with van der Waals surface area (Å²) in [5.41, 5.74) is 2.52. The van der Waals surface area contributed by atoms with E-state index in [0.717, 1.165) is 24.1 Å². The molecule has 1 amide bonds. The predicted molar refractivity (Wildman–Crippen MR) is 156 cm³/mol. The third-order valence-electron chi connectivity index (χ3n) is 7.66. The number of methoxy groups -OCH3 is 1. The van der Waals surface area contributed by atoms with Crippen LogP contribution in [0.25, 0.3) is 6.08 Å². The zero-order chi connectivity index (χ0) is 28.7. The molecular weight excluding hydrogens is 492 g/mol. The second-order valence-corrected chi connectivity index (χ2v) is 11.1. The highest BCUT2D eigenvalue weighted by Crippen LogP contribution is 2.36. The van der Waals surface area contributed by atoms with E-state index in [2.05, 4.69) is 48.2 Å². The fourth-order valence-electron chi connectivity index (χ4n) is 4.89. The molecule has 0 aliphatic carbocycles. The molecule has 3 rings (SSSR count). The quantitative estimate of drug-likeness (QED) is 0.338. The zero-order valence-corrected chi connectivity index (χ0v) is 24.3. The number of hydrogen-bond acceptors (Lipinski definition) is 6. The topological polar surface area (TPSA) is 88.9 Å². The van der Waals surface area contributed by atoms with Crippen molar-refractivity contribution in [2.24, 2.45) is 5.92 Å². The van der Waals surface area contributed by atoms with Gasteiger partial charge >= 0.3 is 11.7 Å². The van der Waals surface area contributed by atoms with Crippen molar-refractivity contribution in [2.75, 3.05) is 19.1 Å². The van der Waals surface area contributed by atoms with Crippen LogP contribution in [0.1, 0.15) is 92.1 Å². The molecule has 7 nitrogen and oxygen atoms in total. The molecular formula is C32H42N2O5. The maximum Gasteiger partial charge on any atom is 0.410 e. The third kappa shape index (κ3) is 7.08. The average molecular weight is 535 g/mol. The monoisotopic (exact) mass is 534 g/mol. The third-order valence-corrected chi connectivity index (χ3v) is 7.66. The number of nitrogens with zero attached hydrogens (tertiary/aromatic N) is 1. The Kier molecular flexibility index (Phi) is 9.95. The lowest BCUT2D eigenvalue weighted by Gasteiger charge is -2.38. The van der Waals surface area contributed by atoms with Crippen molar-refractivity contribution in [3.63, 3.8) is 0 Å². The lowest BCUT2D eigenvalue weighted by molar-refractivity contribution is 0.0893. The summed E-state index contributed by atoms with van der Waals surface area (Å²) in [7, 11) is 3.23. The minimum absolute atomic E-state index is 0.0424. The van der Waals surface area contributed by atoms with Gasteiger partial charge in [-0.25, -0.2) is 9.59 Å². The fraction of sp³-hybridized carbons (Fsp3) is 0.469. The van der Waals surface area contributed by atoms with Crippen molar-refractivity contribution in [3.8, 4) is 0 Å². The second kappa shape index (κ2) is 13.0. The van der Waals surface area contributed by atoms with E-state index in [0.29, 0.717) is 36.5 Å². The first-order valence-corrected chi connectivity index (χ1v) is 13.7. The van der Waals surface area contributed by atoms with Crippen LogP contribution in [0.15, 0.2) is 51.8 Å². The van der Waals surface area contributed by atoms with Crippen LogP contribution in [0.2, 0.25) is 0 Å². The van der Waals surface area contributed by atoms with Crippen molar-refractivity contribution in [2.45, 2.75) is 78.2 Å². The van der Waals surface area contributed by atoms with E-state index in [-0.39, 0.29) is 17.3 Å². The van der Waals surface area contributed by atoms with Gasteiger partial charge in [0.2, 0.25) is 0 Å². The highest BCUT2D eigenvalue weighted by Gasteiger charge is 2.41. The molecule has 0 spiro atoms. The molecule has 0 saturated heterocycles. The van der Waals surface area contributed by atoms with Gasteiger partial charge < -0.3 is 14.1 Å². The van der Waals surface area contributed by atoms with Crippen LogP contribution in [-0.4, -0.2) is 31.6 Å². The number of ether oxygens (including phenoxy) is 1. The number of benzene rings is 1. The van der Waals surface area contributed by atoms with Crippen molar-refractivity contribution in [3.05, 3.63) is 81.1 Å². The van der Waals surface area contributed by atoms with Crippen molar-refractivity contribution < 1.29 is 18.7 Å². The molecule has 2 aromatic rings. The van der Waals surface area contributed by atoms with Crippen LogP contribution >= 0.6 is 0 Å². The van der Waals surface area contributed by atoms with E-state index >= 15 is 0 Å². The molecule has 1 aliphatic rings. The Bertz CT molecular complexity index is 1310. The van der Waals surface area contributed by atoms with Gasteiger partial charge in [0.05, 0.1) is 7.11 Å². The van der Waals surface area contributed by atoms with Crippen molar-refractivity contribution in [1.82, 2.24) is 5.32 Å². The van der Waals surface area contributed by atoms with Gasteiger partial charge in [0.25, 0.3) is 0 Å². The maximum atomic E-state index is 14.0. The van der Waals surface area contributed by atoms with Gasteiger partial charge in [0.1, 0.15) is 16.9 Å². The van der Waals surface area contributed by atoms with Gasteiger partial charge in [0.15, 0.2) is 5.78 Å². The van der Waals surface area contributed by atoms with Crippen LogP contribution in [-0.2, 0) is 11.2 Å². The Hall–Kier alpha value is -3.61. The summed E-state index contributed by atoms with van der Waals surface area (Å²) in [6, 6.07) is 8.23. The number of rotatable bonds is 10. The smallest absolute Gasteiger partial charge is 0.410 e. The van der Waals surface area contributed by atoms with E-state index in [1.165, 1.54) is 18.9 Å². The number of hydrogen-bond donors (Lipinski definition) is 1. The number of ketones is 1. The molecule has 7 heteroatoms. The molecule has 0 fully saturated rings. The first-order chi connectivity index (χ1) is 18.5. The van der Waals surface area contributed by atoms with E-state index < -0.39 is 17.3 Å². The van der Waals surface area contributed by atoms with Crippen LogP contribution in [0, 0.1) is 12.8 Å². The summed E-state index contributed by atoms with van der Waals surface area (Å²) in [6.07, 6.45) is 10.9. The Labute approximate surface area is 231 Å². The molecule has 1 aromatic carbocycles. The van der Waals surface area contributed by atoms with Crippen LogP contribution in [0.3, 0.4) is 0 Å². The predicted octanol–water partition coefficient (Wildman–Crippen LogP) is 6.78. The van der Waals surface area contributed by atoms with Gasteiger partial charge in [-0.15, -0.1) is 0 Å². The highest BCUT2D eigenvalue weighted by atomic mass is 16.5. The number of nitrogens with one attached hydrogen (secondary N) is 1. The van der Waals surface area contributed by atoms with Crippen LogP contribution < -0.4 is 15.8 Å². The average Bonchev–Trinajstić information content (AvgIpc) is 3.02. The number of likely N-dealkylation sites (N-methyl/N-ethyl adjacent to an activating group) is 1. The SMILES string of the molecule is COC(=O)N/C=C/CCC(C)c1cc(C)c(C(=O)C2(C)CC=Cc3cc(CCC(C)C)ccc3N2C)c(=O)o1. The summed E-state index contributed by atoms with van der Waals surface area (Å²) in [5.74, 6) is 0.897. The minimum atomic E-state index is -0.939. The number of alkyl carbamates (subject to hydrolysis) is 1. The lowest BCUT2D eigenvalue weighted by atomic mass is 9.85. The molecule has 1 aromatic heterocycles. The van der Waals surface area contributed by atoms with Gasteiger partial charge in [-0.2, -0.15) is 0 Å². The van der Waals surface area contributed by atoms with Crippen LogP contribution in [0.4, 0.5) is 10.5 Å². The molecule has 1 N–H and O–H groups in total. The number of amides is 1. The zero-order valence-electron chi connectivity index (χ0n) is 24.3. The van der Waals surface area contributed by atoms with Gasteiger partial charge in [-0.05, 0) is 86.8 Å². The molecule has 0 saturated carbocycles. The van der Waals surface area contributed by atoms with Crippen molar-refractivity contribution in [1.29, 1.82) is 0 Å². The molecule has 0 bridgehead atoms. The van der Waals surface area contributed by atoms with Gasteiger partial charge in [-0.1, -0.05) is 45.1 Å². The summed E-state index contributed by atoms with van der Waals surface area (Å²) in [5, 5.41) is 2.48. The number of fused-ring (bicyclic) bond motifs is 1. The Morgan fingerprint density at radius 2 is 1.95 bits per heavy atom. The van der Waals surface area contributed by atoms with Gasteiger partial charge in [0, 0.05) is 24.9 Å². The molecule has 2 heterocycles. The Morgan fingerprint density at radius 3 is 2.62 bits per heavy atom. The van der Waals surface area contributed by atoms with Crippen molar-refractivity contribution >= 4 is 23.6 Å². The second-order valence-electron chi connectivity index (χ2n) is 11.1. The van der Waals surface area contributed by atoms with E-state index in [9.17, 15) is 14.4 Å².